The zero-order valence-corrected chi connectivity index (χ0v) is 11.1. The first-order valence-electron chi connectivity index (χ1n) is 5.82. The highest BCUT2D eigenvalue weighted by Gasteiger charge is 2.26. The number of allylic oxidation sites excluding steroid dienone is 5. The Morgan fingerprint density at radius 2 is 2.19 bits per heavy atom. The number of aliphatic hydroxyl groups excluding tert-OH is 1. The normalized spacial score (nSPS) is 21.9. The molecular formula is C14H21ClO. The van der Waals surface area contributed by atoms with E-state index in [-0.39, 0.29) is 12.0 Å². The average molecular weight is 241 g/mol. The topological polar surface area (TPSA) is 20.2 Å². The minimum Gasteiger partial charge on any atom is -0.392 e. The van der Waals surface area contributed by atoms with Gasteiger partial charge in [0.15, 0.2) is 0 Å². The Morgan fingerprint density at radius 1 is 1.50 bits per heavy atom. The summed E-state index contributed by atoms with van der Waals surface area (Å²) in [6.07, 6.45) is 9.27. The van der Waals surface area contributed by atoms with Crippen LogP contribution in [0.25, 0.3) is 0 Å². The van der Waals surface area contributed by atoms with Crippen LogP contribution in [-0.4, -0.2) is 11.7 Å². The molecule has 0 heterocycles. The summed E-state index contributed by atoms with van der Waals surface area (Å²) in [7, 11) is 0. The highest BCUT2D eigenvalue weighted by Crippen LogP contribution is 2.40. The van der Waals surface area contributed by atoms with Crippen molar-refractivity contribution in [3.05, 3.63) is 34.4 Å². The number of rotatable bonds is 3. The molecule has 0 aliphatic heterocycles. The van der Waals surface area contributed by atoms with Crippen molar-refractivity contribution >= 4 is 11.6 Å². The zero-order chi connectivity index (χ0) is 12.2. The van der Waals surface area contributed by atoms with Gasteiger partial charge in [-0.15, -0.1) is 0 Å². The maximum atomic E-state index is 8.72. The maximum absolute atomic E-state index is 8.72. The number of hydrogen-bond acceptors (Lipinski definition) is 1. The molecule has 1 N–H and O–H groups in total. The van der Waals surface area contributed by atoms with Crippen LogP contribution in [0.2, 0.25) is 0 Å². The molecular weight excluding hydrogens is 220 g/mol. The molecule has 1 rings (SSSR count). The van der Waals surface area contributed by atoms with E-state index in [1.807, 2.05) is 6.08 Å². The Bertz CT molecular complexity index is 335. The molecule has 0 spiro atoms. The molecule has 0 saturated carbocycles. The number of halogens is 1. The Balaban J connectivity index is 2.89. The lowest BCUT2D eigenvalue weighted by Gasteiger charge is -2.32. The van der Waals surface area contributed by atoms with Crippen LogP contribution in [0.4, 0.5) is 0 Å². The van der Waals surface area contributed by atoms with Crippen LogP contribution in [0.3, 0.4) is 0 Å². The summed E-state index contributed by atoms with van der Waals surface area (Å²) in [6, 6.07) is 0. The van der Waals surface area contributed by atoms with E-state index in [1.54, 1.807) is 6.08 Å². The average Bonchev–Trinajstić information content (AvgIpc) is 2.16. The second-order valence-corrected chi connectivity index (χ2v) is 5.47. The summed E-state index contributed by atoms with van der Waals surface area (Å²) in [5.74, 6) is 0. The molecule has 0 aromatic carbocycles. The lowest BCUT2D eigenvalue weighted by molar-refractivity contribution is 0.342. The third-order valence-electron chi connectivity index (χ3n) is 3.24. The minimum atomic E-state index is -0.00933. The van der Waals surface area contributed by atoms with Crippen molar-refractivity contribution in [2.45, 2.75) is 40.0 Å². The van der Waals surface area contributed by atoms with Crippen LogP contribution in [0.1, 0.15) is 40.0 Å². The fraction of sp³-hybridized carbons (Fsp3) is 0.571. The van der Waals surface area contributed by atoms with Gasteiger partial charge in [0.1, 0.15) is 0 Å². The van der Waals surface area contributed by atoms with Crippen LogP contribution >= 0.6 is 11.6 Å². The molecule has 0 fully saturated rings. The molecule has 0 atom stereocenters. The monoisotopic (exact) mass is 240 g/mol. The van der Waals surface area contributed by atoms with Gasteiger partial charge in [0.05, 0.1) is 6.61 Å². The predicted octanol–water partition coefficient (Wildman–Crippen LogP) is 4.18. The smallest absolute Gasteiger partial charge is 0.0629 e. The second-order valence-electron chi connectivity index (χ2n) is 5.04. The standard InChI is InChI=1S/C14H21ClO/c1-11-5-4-9-14(2,3)13(11)7-6-12(15)8-10-16/h6-8,16H,4-5,9-10H2,1-3H3/b7-6+,12-8-. The highest BCUT2D eigenvalue weighted by atomic mass is 35.5. The van der Waals surface area contributed by atoms with Gasteiger partial charge in [0.25, 0.3) is 0 Å². The van der Waals surface area contributed by atoms with E-state index < -0.39 is 0 Å². The summed E-state index contributed by atoms with van der Waals surface area (Å²) < 4.78 is 0. The van der Waals surface area contributed by atoms with Crippen molar-refractivity contribution in [1.82, 2.24) is 0 Å². The molecule has 16 heavy (non-hydrogen) atoms. The van der Waals surface area contributed by atoms with E-state index in [1.165, 1.54) is 30.4 Å². The van der Waals surface area contributed by atoms with Crippen molar-refractivity contribution in [2.24, 2.45) is 5.41 Å². The Hall–Kier alpha value is -0.530. The Morgan fingerprint density at radius 3 is 2.75 bits per heavy atom. The van der Waals surface area contributed by atoms with Gasteiger partial charge in [-0.05, 0) is 49.3 Å². The van der Waals surface area contributed by atoms with E-state index in [0.29, 0.717) is 5.03 Å². The lowest BCUT2D eigenvalue weighted by Crippen LogP contribution is -2.19. The van der Waals surface area contributed by atoms with Crippen molar-refractivity contribution in [2.75, 3.05) is 6.61 Å². The molecule has 0 aromatic rings. The van der Waals surface area contributed by atoms with Crippen LogP contribution < -0.4 is 0 Å². The summed E-state index contributed by atoms with van der Waals surface area (Å²) in [4.78, 5) is 0. The van der Waals surface area contributed by atoms with Crippen molar-refractivity contribution in [3.63, 3.8) is 0 Å². The molecule has 2 heteroatoms. The van der Waals surface area contributed by atoms with Crippen molar-refractivity contribution in [3.8, 4) is 0 Å². The molecule has 0 radical (unpaired) electrons. The maximum Gasteiger partial charge on any atom is 0.0629 e. The van der Waals surface area contributed by atoms with Gasteiger partial charge in [0, 0.05) is 5.03 Å². The first kappa shape index (κ1) is 13.5. The van der Waals surface area contributed by atoms with Gasteiger partial charge in [-0.3, -0.25) is 0 Å². The predicted molar refractivity (Wildman–Crippen MR) is 70.5 cm³/mol. The van der Waals surface area contributed by atoms with Crippen LogP contribution in [0.15, 0.2) is 34.4 Å². The third-order valence-corrected chi connectivity index (χ3v) is 3.52. The SMILES string of the molecule is CC1=C(/C=C/C(Cl)=C/CO)C(C)(C)CCC1. The number of aliphatic hydroxyl groups is 1. The first-order valence-corrected chi connectivity index (χ1v) is 6.20. The zero-order valence-electron chi connectivity index (χ0n) is 10.4. The van der Waals surface area contributed by atoms with Crippen LogP contribution in [0, 0.1) is 5.41 Å². The Labute approximate surface area is 104 Å². The minimum absolute atomic E-state index is 0.00933. The molecule has 1 aliphatic rings. The molecule has 0 bridgehead atoms. The van der Waals surface area contributed by atoms with E-state index in [0.717, 1.165) is 0 Å². The highest BCUT2D eigenvalue weighted by molar-refractivity contribution is 6.31. The van der Waals surface area contributed by atoms with Crippen LogP contribution in [-0.2, 0) is 0 Å². The van der Waals surface area contributed by atoms with Gasteiger partial charge in [0.2, 0.25) is 0 Å². The summed E-state index contributed by atoms with van der Waals surface area (Å²) >= 11 is 5.93. The van der Waals surface area contributed by atoms with E-state index in [9.17, 15) is 0 Å². The molecule has 90 valence electrons. The quantitative estimate of drug-likeness (QED) is 0.734. The fourth-order valence-corrected chi connectivity index (χ4v) is 2.46. The Kier molecular flexibility index (Phi) is 4.82. The van der Waals surface area contributed by atoms with Crippen molar-refractivity contribution in [1.29, 1.82) is 0 Å². The van der Waals surface area contributed by atoms with E-state index in [2.05, 4.69) is 26.8 Å². The van der Waals surface area contributed by atoms with Gasteiger partial charge in [-0.2, -0.15) is 0 Å². The summed E-state index contributed by atoms with van der Waals surface area (Å²) in [5.41, 5.74) is 3.10. The van der Waals surface area contributed by atoms with Gasteiger partial charge < -0.3 is 5.11 Å². The number of hydrogen-bond donors (Lipinski definition) is 1. The van der Waals surface area contributed by atoms with Gasteiger partial charge in [-0.1, -0.05) is 37.1 Å². The van der Waals surface area contributed by atoms with Gasteiger partial charge in [-0.25, -0.2) is 0 Å². The van der Waals surface area contributed by atoms with Gasteiger partial charge >= 0.3 is 0 Å². The lowest BCUT2D eigenvalue weighted by atomic mass is 9.73. The van der Waals surface area contributed by atoms with E-state index in [4.69, 9.17) is 16.7 Å². The molecule has 0 amide bonds. The second kappa shape index (κ2) is 5.70. The molecule has 1 nitrogen and oxygen atoms in total. The molecule has 0 saturated heterocycles. The molecule has 0 aromatic heterocycles. The molecule has 1 aliphatic carbocycles. The summed E-state index contributed by atoms with van der Waals surface area (Å²) in [6.45, 7) is 6.74. The van der Waals surface area contributed by atoms with Crippen molar-refractivity contribution < 1.29 is 5.11 Å². The fourth-order valence-electron chi connectivity index (χ4n) is 2.33. The first-order chi connectivity index (χ1) is 7.47. The van der Waals surface area contributed by atoms with E-state index >= 15 is 0 Å². The third kappa shape index (κ3) is 3.50. The largest absolute Gasteiger partial charge is 0.392 e. The van der Waals surface area contributed by atoms with Crippen LogP contribution in [0.5, 0.6) is 0 Å². The molecule has 0 unspecified atom stereocenters. The summed E-state index contributed by atoms with van der Waals surface area (Å²) in [5, 5.41) is 9.32.